The molecule has 144 valence electrons. The minimum Gasteiger partial charge on any atom is -0.370 e. The number of nitrogens with two attached hydrogens (primary N) is 2. The first kappa shape index (κ1) is 21.5. The predicted molar refractivity (Wildman–Crippen MR) is 105 cm³/mol. The number of hydrogen-bond donors (Lipinski definition) is 4. The molecular formula is C19H31N5O2. The van der Waals surface area contributed by atoms with E-state index in [0.717, 1.165) is 18.5 Å². The van der Waals surface area contributed by atoms with Crippen molar-refractivity contribution in [1.29, 1.82) is 0 Å². The summed E-state index contributed by atoms with van der Waals surface area (Å²) in [5.41, 5.74) is 12.3. The lowest BCUT2D eigenvalue weighted by Crippen LogP contribution is -2.33. The number of hydrogen-bond acceptors (Lipinski definition) is 3. The highest BCUT2D eigenvalue weighted by molar-refractivity contribution is 5.96. The number of amides is 2. The maximum Gasteiger partial charge on any atom is 0.251 e. The van der Waals surface area contributed by atoms with Crippen molar-refractivity contribution < 1.29 is 9.59 Å². The molecule has 0 fully saturated rings. The standard InChI is InChI=1S/C19H31N5O2/c1-2-3-4-5-6-7-12-22-19(21)24-13-15-8-10-16(11-9-15)18(26)23-14-17(20)25/h8-11H,2-7,12-14H2,1H3,(H2,20,25)(H,23,26)(H3,21,22,24). The molecule has 0 heterocycles. The first-order valence-electron chi connectivity index (χ1n) is 9.22. The lowest BCUT2D eigenvalue weighted by Gasteiger charge is -2.06. The molecule has 0 saturated carbocycles. The van der Waals surface area contributed by atoms with Crippen LogP contribution in [0.4, 0.5) is 0 Å². The monoisotopic (exact) mass is 361 g/mol. The van der Waals surface area contributed by atoms with Crippen LogP contribution in [-0.2, 0) is 11.3 Å². The van der Waals surface area contributed by atoms with Crippen LogP contribution < -0.4 is 22.1 Å². The largest absolute Gasteiger partial charge is 0.370 e. The summed E-state index contributed by atoms with van der Waals surface area (Å²) in [4.78, 5) is 26.7. The van der Waals surface area contributed by atoms with Gasteiger partial charge in [-0.2, -0.15) is 0 Å². The Balaban J connectivity index is 2.29. The van der Waals surface area contributed by atoms with E-state index in [4.69, 9.17) is 11.5 Å². The van der Waals surface area contributed by atoms with E-state index >= 15 is 0 Å². The highest BCUT2D eigenvalue weighted by atomic mass is 16.2. The van der Waals surface area contributed by atoms with Crippen LogP contribution in [0.3, 0.4) is 0 Å². The van der Waals surface area contributed by atoms with Gasteiger partial charge in [0, 0.05) is 12.1 Å². The average molecular weight is 361 g/mol. The van der Waals surface area contributed by atoms with Gasteiger partial charge in [-0.25, -0.2) is 4.99 Å². The fourth-order valence-corrected chi connectivity index (χ4v) is 2.39. The number of nitrogens with one attached hydrogen (secondary N) is 2. The normalized spacial score (nSPS) is 11.2. The third-order valence-electron chi connectivity index (χ3n) is 3.91. The summed E-state index contributed by atoms with van der Waals surface area (Å²) in [6.45, 7) is 3.32. The van der Waals surface area contributed by atoms with Gasteiger partial charge in [0.1, 0.15) is 0 Å². The number of carbonyl (C=O) groups is 2. The number of rotatable bonds is 12. The van der Waals surface area contributed by atoms with Gasteiger partial charge in [-0.15, -0.1) is 0 Å². The van der Waals surface area contributed by atoms with Crippen LogP contribution in [0.2, 0.25) is 0 Å². The summed E-state index contributed by atoms with van der Waals surface area (Å²) in [6.07, 6.45) is 7.44. The quantitative estimate of drug-likeness (QED) is 0.257. The van der Waals surface area contributed by atoms with Crippen LogP contribution in [0.25, 0.3) is 0 Å². The zero-order valence-electron chi connectivity index (χ0n) is 15.6. The molecule has 2 amide bonds. The number of guanidine groups is 1. The number of unbranched alkanes of at least 4 members (excludes halogenated alkanes) is 5. The minimum atomic E-state index is -0.576. The summed E-state index contributed by atoms with van der Waals surface area (Å²) < 4.78 is 0. The van der Waals surface area contributed by atoms with E-state index in [1.165, 1.54) is 32.1 Å². The Hall–Kier alpha value is -2.57. The van der Waals surface area contributed by atoms with Gasteiger partial charge in [0.15, 0.2) is 5.96 Å². The average Bonchev–Trinajstić information content (AvgIpc) is 2.64. The van der Waals surface area contributed by atoms with Crippen molar-refractivity contribution in [3.05, 3.63) is 35.4 Å². The summed E-state index contributed by atoms with van der Waals surface area (Å²) in [5.74, 6) is -0.478. The van der Waals surface area contributed by atoms with Crippen LogP contribution in [0, 0.1) is 0 Å². The molecule has 0 radical (unpaired) electrons. The van der Waals surface area contributed by atoms with E-state index in [1.807, 2.05) is 12.1 Å². The molecule has 7 heteroatoms. The summed E-state index contributed by atoms with van der Waals surface area (Å²) >= 11 is 0. The molecular weight excluding hydrogens is 330 g/mol. The lowest BCUT2D eigenvalue weighted by molar-refractivity contribution is -0.117. The lowest BCUT2D eigenvalue weighted by atomic mass is 10.1. The van der Waals surface area contributed by atoms with Gasteiger partial charge < -0.3 is 22.1 Å². The maximum absolute atomic E-state index is 11.8. The molecule has 1 aromatic rings. The van der Waals surface area contributed by atoms with Crippen molar-refractivity contribution in [3.8, 4) is 0 Å². The van der Waals surface area contributed by atoms with Crippen molar-refractivity contribution in [3.63, 3.8) is 0 Å². The molecule has 1 rings (SSSR count). The van der Waals surface area contributed by atoms with Gasteiger partial charge in [-0.05, 0) is 24.1 Å². The molecule has 1 aromatic carbocycles. The molecule has 0 aliphatic heterocycles. The topological polar surface area (TPSA) is 123 Å². The molecule has 26 heavy (non-hydrogen) atoms. The van der Waals surface area contributed by atoms with Crippen LogP contribution in [0.1, 0.15) is 61.4 Å². The highest BCUT2D eigenvalue weighted by Gasteiger charge is 2.06. The molecule has 7 nitrogen and oxygen atoms in total. The predicted octanol–water partition coefficient (Wildman–Crippen LogP) is 1.67. The molecule has 0 atom stereocenters. The second kappa shape index (κ2) is 12.7. The van der Waals surface area contributed by atoms with Crippen molar-refractivity contribution in [1.82, 2.24) is 10.6 Å². The SMILES string of the molecule is CCCCCCCCNC(N)=NCc1ccc(C(=O)NCC(N)=O)cc1. The molecule has 0 aromatic heterocycles. The molecule has 0 bridgehead atoms. The zero-order chi connectivity index (χ0) is 19.2. The summed E-state index contributed by atoms with van der Waals surface area (Å²) in [5, 5.41) is 5.56. The van der Waals surface area contributed by atoms with Gasteiger partial charge in [-0.3, -0.25) is 9.59 Å². The molecule has 0 aliphatic carbocycles. The summed E-state index contributed by atoms with van der Waals surface area (Å²) in [7, 11) is 0. The number of primary amides is 1. The summed E-state index contributed by atoms with van der Waals surface area (Å²) in [6, 6.07) is 6.98. The highest BCUT2D eigenvalue weighted by Crippen LogP contribution is 2.06. The van der Waals surface area contributed by atoms with E-state index in [2.05, 4.69) is 22.5 Å². The first-order chi connectivity index (χ1) is 12.5. The molecule has 0 unspecified atom stereocenters. The Morgan fingerprint density at radius 2 is 1.62 bits per heavy atom. The fraction of sp³-hybridized carbons (Fsp3) is 0.526. The zero-order valence-corrected chi connectivity index (χ0v) is 15.6. The van der Waals surface area contributed by atoms with Crippen LogP contribution in [0.5, 0.6) is 0 Å². The fourth-order valence-electron chi connectivity index (χ4n) is 2.39. The van der Waals surface area contributed by atoms with E-state index in [-0.39, 0.29) is 12.5 Å². The van der Waals surface area contributed by atoms with Crippen molar-refractivity contribution >= 4 is 17.8 Å². The van der Waals surface area contributed by atoms with Gasteiger partial charge in [0.2, 0.25) is 5.91 Å². The van der Waals surface area contributed by atoms with Gasteiger partial charge in [0.05, 0.1) is 13.1 Å². The number of nitrogens with zero attached hydrogens (tertiary/aromatic N) is 1. The third-order valence-corrected chi connectivity index (χ3v) is 3.91. The van der Waals surface area contributed by atoms with E-state index in [1.54, 1.807) is 12.1 Å². The molecule has 0 spiro atoms. The Kier molecular flexibility index (Phi) is 10.5. The molecule has 0 saturated heterocycles. The van der Waals surface area contributed by atoms with Gasteiger partial charge >= 0.3 is 0 Å². The van der Waals surface area contributed by atoms with Crippen LogP contribution in [-0.4, -0.2) is 30.9 Å². The Morgan fingerprint density at radius 3 is 2.27 bits per heavy atom. The van der Waals surface area contributed by atoms with E-state index in [9.17, 15) is 9.59 Å². The third kappa shape index (κ3) is 9.66. The van der Waals surface area contributed by atoms with Crippen LogP contribution >= 0.6 is 0 Å². The number of benzene rings is 1. The van der Waals surface area contributed by atoms with Crippen molar-refractivity contribution in [2.75, 3.05) is 13.1 Å². The molecule has 0 aliphatic rings. The van der Waals surface area contributed by atoms with Crippen LogP contribution in [0.15, 0.2) is 29.3 Å². The number of aliphatic imine (C=N–C) groups is 1. The van der Waals surface area contributed by atoms with Gasteiger partial charge in [-0.1, -0.05) is 51.2 Å². The van der Waals surface area contributed by atoms with Gasteiger partial charge in [0.25, 0.3) is 5.91 Å². The Morgan fingerprint density at radius 1 is 0.962 bits per heavy atom. The smallest absolute Gasteiger partial charge is 0.251 e. The first-order valence-corrected chi connectivity index (χ1v) is 9.22. The maximum atomic E-state index is 11.8. The van der Waals surface area contributed by atoms with Crippen molar-refractivity contribution in [2.45, 2.75) is 52.0 Å². The molecule has 6 N–H and O–H groups in total. The Bertz CT molecular complexity index is 584. The van der Waals surface area contributed by atoms with E-state index < -0.39 is 5.91 Å². The minimum absolute atomic E-state index is 0.175. The van der Waals surface area contributed by atoms with Crippen molar-refractivity contribution in [2.24, 2.45) is 16.5 Å². The second-order valence-electron chi connectivity index (χ2n) is 6.24. The van der Waals surface area contributed by atoms with E-state index in [0.29, 0.717) is 18.1 Å². The second-order valence-corrected chi connectivity index (χ2v) is 6.24. The Labute approximate surface area is 155 Å². The number of carbonyl (C=O) groups excluding carboxylic acids is 2.